The van der Waals surface area contributed by atoms with E-state index in [1.807, 2.05) is 20.8 Å². The first-order chi connectivity index (χ1) is 9.28. The lowest BCUT2D eigenvalue weighted by Crippen LogP contribution is -2.42. The van der Waals surface area contributed by atoms with Crippen molar-refractivity contribution in [2.75, 3.05) is 13.1 Å². The third kappa shape index (κ3) is 6.78. The zero-order valence-electron chi connectivity index (χ0n) is 12.9. The maximum Gasteiger partial charge on any atom is 0.314 e. The van der Waals surface area contributed by atoms with Gasteiger partial charge in [0.15, 0.2) is 0 Å². The van der Waals surface area contributed by atoms with Crippen molar-refractivity contribution in [2.45, 2.75) is 52.9 Å². The zero-order valence-corrected chi connectivity index (χ0v) is 12.9. The van der Waals surface area contributed by atoms with Crippen LogP contribution in [0, 0.1) is 17.3 Å². The summed E-state index contributed by atoms with van der Waals surface area (Å²) in [7, 11) is 0. The molecule has 3 N–H and O–H groups in total. The van der Waals surface area contributed by atoms with Crippen LogP contribution in [0.4, 0.5) is 4.79 Å². The number of nitrogens with one attached hydrogen (secondary N) is 2. The van der Waals surface area contributed by atoms with Crippen molar-refractivity contribution in [3.8, 4) is 0 Å². The molecule has 0 spiro atoms. The van der Waals surface area contributed by atoms with Gasteiger partial charge < -0.3 is 15.7 Å². The summed E-state index contributed by atoms with van der Waals surface area (Å²) in [6.07, 6.45) is 5.41. The molecule has 1 unspecified atom stereocenters. The fourth-order valence-corrected chi connectivity index (χ4v) is 2.72. The fraction of sp³-hybridized carbons (Fsp3) is 0.867. The van der Waals surface area contributed by atoms with Crippen LogP contribution in [0.15, 0.2) is 0 Å². The lowest BCUT2D eigenvalue weighted by atomic mass is 9.84. The Morgan fingerprint density at radius 3 is 2.30 bits per heavy atom. The molecule has 0 aliphatic heterocycles. The van der Waals surface area contributed by atoms with Crippen molar-refractivity contribution in [1.82, 2.24) is 10.6 Å². The highest BCUT2D eigenvalue weighted by atomic mass is 16.4. The van der Waals surface area contributed by atoms with Crippen molar-refractivity contribution in [2.24, 2.45) is 17.3 Å². The standard InChI is InChI=1S/C15H28N2O3/c1-15(2,3)8-12(13(18)19)10-17-14(20)16-9-11-6-4-5-7-11/h11-12H,4-10H2,1-3H3,(H,18,19)(H2,16,17,20). The largest absolute Gasteiger partial charge is 0.481 e. The molecule has 0 aromatic rings. The number of hydrogen-bond acceptors (Lipinski definition) is 2. The summed E-state index contributed by atoms with van der Waals surface area (Å²) >= 11 is 0. The topological polar surface area (TPSA) is 78.4 Å². The second kappa shape index (κ2) is 7.50. The average Bonchev–Trinajstić information content (AvgIpc) is 2.83. The SMILES string of the molecule is CC(C)(C)CC(CNC(=O)NCC1CCCC1)C(=O)O. The van der Waals surface area contributed by atoms with Gasteiger partial charge in [0.05, 0.1) is 5.92 Å². The molecule has 1 fully saturated rings. The molecule has 0 aromatic heterocycles. The second-order valence-electron chi connectivity index (χ2n) is 7.04. The van der Waals surface area contributed by atoms with E-state index in [9.17, 15) is 14.7 Å². The lowest BCUT2D eigenvalue weighted by molar-refractivity contribution is -0.142. The summed E-state index contributed by atoms with van der Waals surface area (Å²) in [5.41, 5.74) is -0.0644. The van der Waals surface area contributed by atoms with Gasteiger partial charge in [-0.25, -0.2) is 4.79 Å². The molecule has 0 heterocycles. The first-order valence-electron chi connectivity index (χ1n) is 7.52. The highest BCUT2D eigenvalue weighted by Crippen LogP contribution is 2.24. The van der Waals surface area contributed by atoms with E-state index in [-0.39, 0.29) is 18.0 Å². The van der Waals surface area contributed by atoms with Crippen LogP contribution in [0.3, 0.4) is 0 Å². The van der Waals surface area contributed by atoms with Crippen LogP contribution in [0.25, 0.3) is 0 Å². The van der Waals surface area contributed by atoms with Gasteiger partial charge in [-0.05, 0) is 30.6 Å². The first kappa shape index (κ1) is 16.8. The summed E-state index contributed by atoms with van der Waals surface area (Å²) in [5.74, 6) is -0.797. The van der Waals surface area contributed by atoms with E-state index in [0.29, 0.717) is 18.9 Å². The molecule has 0 aromatic carbocycles. The van der Waals surface area contributed by atoms with E-state index in [0.717, 1.165) is 0 Å². The molecule has 0 radical (unpaired) electrons. The monoisotopic (exact) mass is 284 g/mol. The van der Waals surface area contributed by atoms with E-state index in [2.05, 4.69) is 10.6 Å². The lowest BCUT2D eigenvalue weighted by Gasteiger charge is -2.23. The first-order valence-corrected chi connectivity index (χ1v) is 7.52. The van der Waals surface area contributed by atoms with Gasteiger partial charge in [-0.1, -0.05) is 33.6 Å². The number of rotatable bonds is 6. The minimum atomic E-state index is -0.851. The van der Waals surface area contributed by atoms with Crippen LogP contribution in [0.1, 0.15) is 52.9 Å². The Labute approximate surface area is 121 Å². The van der Waals surface area contributed by atoms with Crippen LogP contribution in [-0.4, -0.2) is 30.2 Å². The molecule has 20 heavy (non-hydrogen) atoms. The van der Waals surface area contributed by atoms with E-state index < -0.39 is 11.9 Å². The summed E-state index contributed by atoms with van der Waals surface area (Å²) < 4.78 is 0. The highest BCUT2D eigenvalue weighted by Gasteiger charge is 2.25. The van der Waals surface area contributed by atoms with Gasteiger partial charge in [-0.3, -0.25) is 4.79 Å². The molecular formula is C15H28N2O3. The van der Waals surface area contributed by atoms with Gasteiger partial charge in [0.25, 0.3) is 0 Å². The highest BCUT2D eigenvalue weighted by molar-refractivity contribution is 5.75. The molecule has 1 aliphatic rings. The molecule has 5 heteroatoms. The van der Waals surface area contributed by atoms with Crippen molar-refractivity contribution >= 4 is 12.0 Å². The van der Waals surface area contributed by atoms with E-state index in [4.69, 9.17) is 0 Å². The van der Waals surface area contributed by atoms with E-state index in [1.165, 1.54) is 25.7 Å². The quantitative estimate of drug-likeness (QED) is 0.701. The average molecular weight is 284 g/mol. The molecule has 1 rings (SSSR count). The van der Waals surface area contributed by atoms with Crippen LogP contribution >= 0.6 is 0 Å². The van der Waals surface area contributed by atoms with Gasteiger partial charge in [0.2, 0.25) is 0 Å². The van der Waals surface area contributed by atoms with Crippen molar-refractivity contribution < 1.29 is 14.7 Å². The zero-order chi connectivity index (χ0) is 15.2. The van der Waals surface area contributed by atoms with Gasteiger partial charge in [-0.2, -0.15) is 0 Å². The van der Waals surface area contributed by atoms with Gasteiger partial charge in [0, 0.05) is 13.1 Å². The number of hydrogen-bond donors (Lipinski definition) is 3. The summed E-state index contributed by atoms with van der Waals surface area (Å²) in [5, 5.41) is 14.7. The normalized spacial score (nSPS) is 17.8. The molecule has 0 saturated heterocycles. The Hall–Kier alpha value is -1.26. The molecule has 116 valence electrons. The Morgan fingerprint density at radius 2 is 1.80 bits per heavy atom. The van der Waals surface area contributed by atoms with Crippen LogP contribution in [0.5, 0.6) is 0 Å². The van der Waals surface area contributed by atoms with Crippen LogP contribution < -0.4 is 10.6 Å². The Morgan fingerprint density at radius 1 is 1.20 bits per heavy atom. The van der Waals surface area contributed by atoms with Crippen molar-refractivity contribution in [3.05, 3.63) is 0 Å². The minimum absolute atomic E-state index is 0.0644. The maximum absolute atomic E-state index is 11.7. The third-order valence-electron chi connectivity index (χ3n) is 3.74. The number of carbonyl (C=O) groups excluding carboxylic acids is 1. The van der Waals surface area contributed by atoms with Crippen LogP contribution in [-0.2, 0) is 4.79 Å². The second-order valence-corrected chi connectivity index (χ2v) is 7.04. The maximum atomic E-state index is 11.7. The Bertz CT molecular complexity index is 331. The number of urea groups is 1. The number of carbonyl (C=O) groups is 2. The predicted molar refractivity (Wildman–Crippen MR) is 78.6 cm³/mol. The molecule has 1 saturated carbocycles. The smallest absolute Gasteiger partial charge is 0.314 e. The van der Waals surface area contributed by atoms with Gasteiger partial charge in [0.1, 0.15) is 0 Å². The Balaban J connectivity index is 2.27. The molecule has 0 bridgehead atoms. The fourth-order valence-electron chi connectivity index (χ4n) is 2.72. The molecule has 2 amide bonds. The molecule has 1 atom stereocenters. The summed E-state index contributed by atoms with van der Waals surface area (Å²) in [4.78, 5) is 22.9. The molecular weight excluding hydrogens is 256 g/mol. The number of aliphatic carboxylic acids is 1. The van der Waals surface area contributed by atoms with E-state index >= 15 is 0 Å². The number of carboxylic acids is 1. The molecule has 5 nitrogen and oxygen atoms in total. The summed E-state index contributed by atoms with van der Waals surface area (Å²) in [6, 6.07) is -0.253. The minimum Gasteiger partial charge on any atom is -0.481 e. The van der Waals surface area contributed by atoms with Crippen molar-refractivity contribution in [1.29, 1.82) is 0 Å². The number of amides is 2. The number of carboxylic acid groups (broad SMARTS) is 1. The Kier molecular flexibility index (Phi) is 6.30. The van der Waals surface area contributed by atoms with Crippen molar-refractivity contribution in [3.63, 3.8) is 0 Å². The van der Waals surface area contributed by atoms with Gasteiger partial charge in [-0.15, -0.1) is 0 Å². The van der Waals surface area contributed by atoms with E-state index in [1.54, 1.807) is 0 Å². The van der Waals surface area contributed by atoms with Crippen LogP contribution in [0.2, 0.25) is 0 Å². The van der Waals surface area contributed by atoms with Gasteiger partial charge >= 0.3 is 12.0 Å². The molecule has 1 aliphatic carbocycles. The summed E-state index contributed by atoms with van der Waals surface area (Å²) in [6.45, 7) is 6.89. The predicted octanol–water partition coefficient (Wildman–Crippen LogP) is 2.61. The third-order valence-corrected chi connectivity index (χ3v) is 3.74.